The minimum Gasteiger partial charge on any atom is -0.445 e. The van der Waals surface area contributed by atoms with Crippen LogP contribution in [0.25, 0.3) is 0 Å². The van der Waals surface area contributed by atoms with Crippen LogP contribution in [0.2, 0.25) is 0 Å². The molecule has 0 bridgehead atoms. The molecule has 1 aliphatic heterocycles. The molecule has 0 unspecified atom stereocenters. The van der Waals surface area contributed by atoms with E-state index in [1.54, 1.807) is 4.90 Å². The topological polar surface area (TPSA) is 53.9 Å². The molecule has 0 aromatic heterocycles. The largest absolute Gasteiger partial charge is 0.445 e. The fraction of sp³-hybridized carbons (Fsp3) is 0.467. The van der Waals surface area contributed by atoms with Gasteiger partial charge in [0.25, 0.3) is 0 Å². The van der Waals surface area contributed by atoms with Crippen LogP contribution in [0.15, 0.2) is 35.4 Å². The Balaban J connectivity index is 1.69. The maximum Gasteiger partial charge on any atom is 0.428 e. The molecule has 126 valence electrons. The molecule has 0 aliphatic carbocycles. The highest BCUT2D eigenvalue weighted by atomic mass is 19.4. The van der Waals surface area contributed by atoms with Crippen LogP contribution >= 0.6 is 0 Å². The first-order valence-corrected chi connectivity index (χ1v) is 7.26. The van der Waals surface area contributed by atoms with Gasteiger partial charge in [0.05, 0.1) is 0 Å². The van der Waals surface area contributed by atoms with Crippen molar-refractivity contribution in [3.05, 3.63) is 35.9 Å². The number of likely N-dealkylation sites (tertiary alicyclic amines) is 1. The predicted molar refractivity (Wildman–Crippen MR) is 78.9 cm³/mol. The summed E-state index contributed by atoms with van der Waals surface area (Å²) in [5, 5.41) is 3.18. The summed E-state index contributed by atoms with van der Waals surface area (Å²) in [5.41, 5.74) is 3.37. The monoisotopic (exact) mass is 329 g/mol. The Bertz CT molecular complexity index is 527. The molecular formula is C15H18F3N3O2. The summed E-state index contributed by atoms with van der Waals surface area (Å²) in [6, 6.07) is 9.16. The molecule has 8 heteroatoms. The van der Waals surface area contributed by atoms with Gasteiger partial charge in [0, 0.05) is 19.1 Å². The van der Waals surface area contributed by atoms with E-state index in [2.05, 4.69) is 10.5 Å². The van der Waals surface area contributed by atoms with E-state index >= 15 is 0 Å². The predicted octanol–water partition coefficient (Wildman–Crippen LogP) is 2.93. The van der Waals surface area contributed by atoms with Crippen LogP contribution in [0.1, 0.15) is 18.4 Å². The van der Waals surface area contributed by atoms with Gasteiger partial charge in [0.15, 0.2) is 0 Å². The van der Waals surface area contributed by atoms with Crippen molar-refractivity contribution in [2.45, 2.75) is 31.7 Å². The average molecular weight is 329 g/mol. The lowest BCUT2D eigenvalue weighted by molar-refractivity contribution is -0.0540. The number of ether oxygens (including phenoxy) is 1. The molecule has 1 aromatic rings. The van der Waals surface area contributed by atoms with Gasteiger partial charge in [-0.2, -0.15) is 18.3 Å². The maximum atomic E-state index is 11.9. The number of carbonyl (C=O) groups is 1. The normalized spacial score (nSPS) is 16.6. The first kappa shape index (κ1) is 17.1. The number of hydrazone groups is 1. The number of halogens is 3. The van der Waals surface area contributed by atoms with Crippen molar-refractivity contribution in [2.75, 3.05) is 13.1 Å². The number of nitrogens with zero attached hydrogens (tertiary/aromatic N) is 2. The molecule has 2 rings (SSSR count). The smallest absolute Gasteiger partial charge is 0.428 e. The van der Waals surface area contributed by atoms with E-state index in [1.165, 1.54) is 0 Å². The van der Waals surface area contributed by atoms with Crippen molar-refractivity contribution in [1.82, 2.24) is 10.3 Å². The van der Waals surface area contributed by atoms with Crippen LogP contribution in [0, 0.1) is 0 Å². The lowest BCUT2D eigenvalue weighted by Crippen LogP contribution is -2.44. The van der Waals surface area contributed by atoms with Crippen LogP contribution in [0.3, 0.4) is 0 Å². The third kappa shape index (κ3) is 6.17. The number of benzene rings is 1. The van der Waals surface area contributed by atoms with Gasteiger partial charge in [-0.25, -0.2) is 4.79 Å². The number of piperidine rings is 1. The molecule has 1 fully saturated rings. The summed E-state index contributed by atoms with van der Waals surface area (Å²) in [6.07, 6.45) is -3.86. The standard InChI is InChI=1S/C15H18F3N3O2/c16-15(17,18)11-19-20-13-6-8-21(9-7-13)14(22)23-10-12-4-2-1-3-5-12/h1-5,11,13,20H,6-10H2/b19-11+. The first-order valence-electron chi connectivity index (χ1n) is 7.26. The zero-order chi connectivity index (χ0) is 16.7. The maximum absolute atomic E-state index is 11.9. The highest BCUT2D eigenvalue weighted by molar-refractivity contribution is 5.67. The second kappa shape index (κ2) is 7.85. The fourth-order valence-corrected chi connectivity index (χ4v) is 2.22. The van der Waals surface area contributed by atoms with E-state index in [0.717, 1.165) is 5.56 Å². The Hall–Kier alpha value is -2.25. The summed E-state index contributed by atoms with van der Waals surface area (Å²) >= 11 is 0. The van der Waals surface area contributed by atoms with Gasteiger partial charge >= 0.3 is 12.3 Å². The Labute approximate surface area is 132 Å². The molecule has 1 saturated heterocycles. The molecule has 0 radical (unpaired) electrons. The first-order chi connectivity index (χ1) is 10.9. The number of hydrogen-bond acceptors (Lipinski definition) is 4. The number of amides is 1. The zero-order valence-corrected chi connectivity index (χ0v) is 12.4. The number of alkyl halides is 3. The molecule has 1 amide bonds. The van der Waals surface area contributed by atoms with Crippen LogP contribution in [0.5, 0.6) is 0 Å². The van der Waals surface area contributed by atoms with Crippen molar-refractivity contribution in [3.63, 3.8) is 0 Å². The highest BCUT2D eigenvalue weighted by Crippen LogP contribution is 2.14. The molecule has 0 atom stereocenters. The van der Waals surface area contributed by atoms with Crippen LogP contribution in [-0.4, -0.2) is 42.5 Å². The Morgan fingerprint density at radius 2 is 1.96 bits per heavy atom. The fourth-order valence-electron chi connectivity index (χ4n) is 2.22. The molecule has 0 saturated carbocycles. The van der Waals surface area contributed by atoms with Gasteiger partial charge in [0.2, 0.25) is 0 Å². The zero-order valence-electron chi connectivity index (χ0n) is 12.4. The highest BCUT2D eigenvalue weighted by Gasteiger charge is 2.26. The number of nitrogens with one attached hydrogen (secondary N) is 1. The lowest BCUT2D eigenvalue weighted by Gasteiger charge is -2.30. The molecular weight excluding hydrogens is 311 g/mol. The van der Waals surface area contributed by atoms with E-state index in [-0.39, 0.29) is 18.9 Å². The van der Waals surface area contributed by atoms with Gasteiger partial charge in [-0.3, -0.25) is 0 Å². The molecule has 1 N–H and O–H groups in total. The van der Waals surface area contributed by atoms with E-state index in [4.69, 9.17) is 4.74 Å². The number of rotatable bonds is 4. The van der Waals surface area contributed by atoms with Gasteiger partial charge in [0.1, 0.15) is 12.8 Å². The van der Waals surface area contributed by atoms with E-state index < -0.39 is 12.3 Å². The summed E-state index contributed by atoms with van der Waals surface area (Å²) in [6.45, 7) is 1.05. The summed E-state index contributed by atoms with van der Waals surface area (Å²) in [7, 11) is 0. The summed E-state index contributed by atoms with van der Waals surface area (Å²) in [4.78, 5) is 13.5. The van der Waals surface area contributed by atoms with Gasteiger partial charge < -0.3 is 15.1 Å². The van der Waals surface area contributed by atoms with Gasteiger partial charge in [-0.1, -0.05) is 30.3 Å². The van der Waals surface area contributed by atoms with E-state index in [0.29, 0.717) is 25.9 Å². The second-order valence-corrected chi connectivity index (χ2v) is 5.23. The summed E-state index contributed by atoms with van der Waals surface area (Å²) < 4.78 is 41.0. The van der Waals surface area contributed by atoms with Crippen LogP contribution in [0.4, 0.5) is 18.0 Å². The number of hydrogen-bond donors (Lipinski definition) is 1. The van der Waals surface area contributed by atoms with Crippen molar-refractivity contribution in [2.24, 2.45) is 5.10 Å². The third-order valence-corrected chi connectivity index (χ3v) is 3.43. The van der Waals surface area contributed by atoms with Crippen molar-refractivity contribution >= 4 is 12.3 Å². The van der Waals surface area contributed by atoms with E-state index in [9.17, 15) is 18.0 Å². The average Bonchev–Trinajstić information content (AvgIpc) is 2.53. The van der Waals surface area contributed by atoms with Crippen LogP contribution in [-0.2, 0) is 11.3 Å². The molecule has 23 heavy (non-hydrogen) atoms. The molecule has 1 aromatic carbocycles. The van der Waals surface area contributed by atoms with Crippen molar-refractivity contribution in [3.8, 4) is 0 Å². The van der Waals surface area contributed by atoms with Crippen LogP contribution < -0.4 is 5.43 Å². The van der Waals surface area contributed by atoms with E-state index in [1.807, 2.05) is 30.3 Å². The Kier molecular flexibility index (Phi) is 5.84. The van der Waals surface area contributed by atoms with Gasteiger partial charge in [-0.05, 0) is 18.4 Å². The summed E-state index contributed by atoms with van der Waals surface area (Å²) in [5.74, 6) is 0. The number of carbonyl (C=O) groups excluding carboxylic acids is 1. The Morgan fingerprint density at radius 1 is 1.30 bits per heavy atom. The van der Waals surface area contributed by atoms with Crippen molar-refractivity contribution < 1.29 is 22.7 Å². The lowest BCUT2D eigenvalue weighted by atomic mass is 10.1. The Morgan fingerprint density at radius 3 is 2.57 bits per heavy atom. The minimum absolute atomic E-state index is 0.0759. The second-order valence-electron chi connectivity index (χ2n) is 5.23. The minimum atomic E-state index is -4.42. The van der Waals surface area contributed by atoms with Crippen molar-refractivity contribution in [1.29, 1.82) is 0 Å². The van der Waals surface area contributed by atoms with Gasteiger partial charge in [-0.15, -0.1) is 0 Å². The molecule has 1 aliphatic rings. The quantitative estimate of drug-likeness (QED) is 0.683. The molecule has 5 nitrogen and oxygen atoms in total. The SMILES string of the molecule is O=C(OCc1ccccc1)N1CCC(N/N=C/C(F)(F)F)CC1. The third-order valence-electron chi connectivity index (χ3n) is 3.43. The molecule has 1 heterocycles. The molecule has 0 spiro atoms.